The molecule has 1 atom stereocenters. The Bertz CT molecular complexity index is 577. The van der Waals surface area contributed by atoms with Gasteiger partial charge in [-0.05, 0) is 58.9 Å². The number of hydrogen-bond acceptors (Lipinski definition) is 5. The third-order valence-electron chi connectivity index (χ3n) is 5.40. The predicted molar refractivity (Wildman–Crippen MR) is 95.0 cm³/mol. The molecule has 1 saturated heterocycles. The summed E-state index contributed by atoms with van der Waals surface area (Å²) in [7, 11) is 2.06. The first-order valence-corrected chi connectivity index (χ1v) is 9.29. The summed E-state index contributed by atoms with van der Waals surface area (Å²) in [5, 5.41) is 6.79. The molecule has 1 aliphatic heterocycles. The zero-order chi connectivity index (χ0) is 18.1. The first kappa shape index (κ1) is 18.2. The average Bonchev–Trinajstić information content (AvgIpc) is 2.97. The lowest BCUT2D eigenvalue weighted by molar-refractivity contribution is -0.0403. The molecule has 1 aromatic rings. The number of likely N-dealkylation sites (N-methyl/N-ethyl adjacent to an activating group) is 1. The molecule has 3 rings (SSSR count). The van der Waals surface area contributed by atoms with Crippen LogP contribution in [0.15, 0.2) is 6.33 Å². The quantitative estimate of drug-likeness (QED) is 0.905. The number of likely N-dealkylation sites (tertiary alicyclic amines) is 1. The second-order valence-corrected chi connectivity index (χ2v) is 8.78. The molecule has 2 fully saturated rings. The van der Waals surface area contributed by atoms with Crippen molar-refractivity contribution < 1.29 is 9.53 Å². The SMILES string of the molecule is CN(Cc1ncn[nH]1)CC1CCC2(CCC2)CN1C(=O)OC(C)(C)C. The highest BCUT2D eigenvalue weighted by atomic mass is 16.6. The van der Waals surface area contributed by atoms with Gasteiger partial charge in [-0.1, -0.05) is 6.42 Å². The van der Waals surface area contributed by atoms with Gasteiger partial charge in [0.1, 0.15) is 17.8 Å². The van der Waals surface area contributed by atoms with Crippen molar-refractivity contribution in [1.82, 2.24) is 25.0 Å². The van der Waals surface area contributed by atoms with Crippen LogP contribution >= 0.6 is 0 Å². The number of piperidine rings is 1. The highest BCUT2D eigenvalue weighted by Crippen LogP contribution is 2.48. The molecule has 2 aliphatic rings. The standard InChI is InChI=1S/C18H31N5O2/c1-17(2,3)25-16(24)23-12-18(7-5-8-18)9-6-14(23)10-22(4)11-15-19-13-20-21-15/h13-14H,5-12H2,1-4H3,(H,19,20,21). The number of amides is 1. The first-order chi connectivity index (χ1) is 11.8. The molecule has 1 N–H and O–H groups in total. The van der Waals surface area contributed by atoms with E-state index < -0.39 is 5.60 Å². The molecule has 1 aliphatic carbocycles. The number of ether oxygens (including phenoxy) is 1. The van der Waals surface area contributed by atoms with Gasteiger partial charge in [0.25, 0.3) is 0 Å². The zero-order valence-corrected chi connectivity index (χ0v) is 15.9. The van der Waals surface area contributed by atoms with Gasteiger partial charge in [-0.15, -0.1) is 0 Å². The Morgan fingerprint density at radius 1 is 1.44 bits per heavy atom. The molecule has 1 aromatic heterocycles. The van der Waals surface area contributed by atoms with Crippen molar-refractivity contribution in [3.63, 3.8) is 0 Å². The highest BCUT2D eigenvalue weighted by molar-refractivity contribution is 5.69. The Labute approximate surface area is 150 Å². The van der Waals surface area contributed by atoms with Gasteiger partial charge in [0.2, 0.25) is 0 Å². The number of H-pyrrole nitrogens is 1. The van der Waals surface area contributed by atoms with E-state index in [4.69, 9.17) is 4.74 Å². The first-order valence-electron chi connectivity index (χ1n) is 9.29. The summed E-state index contributed by atoms with van der Waals surface area (Å²) in [6.45, 7) is 8.14. The number of nitrogens with one attached hydrogen (secondary N) is 1. The van der Waals surface area contributed by atoms with Crippen molar-refractivity contribution in [2.24, 2.45) is 5.41 Å². The maximum atomic E-state index is 12.8. The lowest BCUT2D eigenvalue weighted by Crippen LogP contribution is -2.57. The molecule has 0 bridgehead atoms. The largest absolute Gasteiger partial charge is 0.444 e. The molecular formula is C18H31N5O2. The smallest absolute Gasteiger partial charge is 0.410 e. The fourth-order valence-electron chi connectivity index (χ4n) is 3.99. The van der Waals surface area contributed by atoms with Crippen LogP contribution in [0.3, 0.4) is 0 Å². The third kappa shape index (κ3) is 4.51. The number of carbonyl (C=O) groups is 1. The molecule has 1 amide bonds. The Balaban J connectivity index is 1.65. The maximum Gasteiger partial charge on any atom is 0.410 e. The van der Waals surface area contributed by atoms with Crippen LogP contribution in [-0.2, 0) is 11.3 Å². The van der Waals surface area contributed by atoms with E-state index in [1.54, 1.807) is 0 Å². The molecule has 7 heteroatoms. The lowest BCUT2D eigenvalue weighted by atomic mass is 9.63. The van der Waals surface area contributed by atoms with E-state index >= 15 is 0 Å². The number of rotatable bonds is 4. The van der Waals surface area contributed by atoms with E-state index in [1.807, 2.05) is 25.7 Å². The van der Waals surface area contributed by atoms with Gasteiger partial charge < -0.3 is 9.64 Å². The lowest BCUT2D eigenvalue weighted by Gasteiger charge is -2.52. The number of aromatic nitrogens is 3. The van der Waals surface area contributed by atoms with Crippen molar-refractivity contribution in [1.29, 1.82) is 0 Å². The highest BCUT2D eigenvalue weighted by Gasteiger charge is 2.46. The Morgan fingerprint density at radius 2 is 2.20 bits per heavy atom. The molecule has 2 heterocycles. The van der Waals surface area contributed by atoms with Crippen molar-refractivity contribution >= 4 is 6.09 Å². The van der Waals surface area contributed by atoms with Crippen molar-refractivity contribution in [2.45, 2.75) is 71.1 Å². The molecule has 0 radical (unpaired) electrons. The summed E-state index contributed by atoms with van der Waals surface area (Å²) < 4.78 is 5.70. The van der Waals surface area contributed by atoms with Gasteiger partial charge in [-0.2, -0.15) is 5.10 Å². The molecule has 1 spiro atoms. The molecule has 1 saturated carbocycles. The topological polar surface area (TPSA) is 74.4 Å². The summed E-state index contributed by atoms with van der Waals surface area (Å²) >= 11 is 0. The van der Waals surface area contributed by atoms with Crippen LogP contribution in [0.5, 0.6) is 0 Å². The fraction of sp³-hybridized carbons (Fsp3) is 0.833. The van der Waals surface area contributed by atoms with Crippen LogP contribution < -0.4 is 0 Å². The zero-order valence-electron chi connectivity index (χ0n) is 15.9. The Morgan fingerprint density at radius 3 is 2.76 bits per heavy atom. The average molecular weight is 349 g/mol. The van der Waals surface area contributed by atoms with Crippen LogP contribution in [0.2, 0.25) is 0 Å². The van der Waals surface area contributed by atoms with Gasteiger partial charge in [-0.25, -0.2) is 9.78 Å². The van der Waals surface area contributed by atoms with Gasteiger partial charge in [0, 0.05) is 19.1 Å². The van der Waals surface area contributed by atoms with E-state index in [2.05, 4.69) is 27.1 Å². The van der Waals surface area contributed by atoms with E-state index in [1.165, 1.54) is 32.0 Å². The van der Waals surface area contributed by atoms with Gasteiger partial charge in [-0.3, -0.25) is 10.00 Å². The van der Waals surface area contributed by atoms with E-state index in [-0.39, 0.29) is 12.1 Å². The van der Waals surface area contributed by atoms with Crippen LogP contribution in [0.25, 0.3) is 0 Å². The van der Waals surface area contributed by atoms with Crippen molar-refractivity contribution in [2.75, 3.05) is 20.1 Å². The molecule has 0 aromatic carbocycles. The minimum absolute atomic E-state index is 0.170. The molecule has 140 valence electrons. The van der Waals surface area contributed by atoms with Crippen LogP contribution in [0.1, 0.15) is 58.7 Å². The normalized spacial score (nSPS) is 22.9. The summed E-state index contributed by atoms with van der Waals surface area (Å²) in [6.07, 6.45) is 7.39. The van der Waals surface area contributed by atoms with Crippen molar-refractivity contribution in [3.05, 3.63) is 12.2 Å². The summed E-state index contributed by atoms with van der Waals surface area (Å²) in [4.78, 5) is 21.2. The van der Waals surface area contributed by atoms with Crippen LogP contribution in [0, 0.1) is 5.41 Å². The Kier molecular flexibility index (Phi) is 5.04. The van der Waals surface area contributed by atoms with Crippen LogP contribution in [0.4, 0.5) is 4.79 Å². The number of hydrogen-bond donors (Lipinski definition) is 1. The minimum Gasteiger partial charge on any atom is -0.444 e. The second-order valence-electron chi connectivity index (χ2n) is 8.78. The van der Waals surface area contributed by atoms with Gasteiger partial charge >= 0.3 is 6.09 Å². The molecular weight excluding hydrogens is 318 g/mol. The van der Waals surface area contributed by atoms with Gasteiger partial charge in [0.05, 0.1) is 6.54 Å². The van der Waals surface area contributed by atoms with Crippen LogP contribution in [-0.4, -0.2) is 62.9 Å². The minimum atomic E-state index is -0.461. The van der Waals surface area contributed by atoms with E-state index in [0.717, 1.165) is 25.3 Å². The van der Waals surface area contributed by atoms with E-state index in [0.29, 0.717) is 12.0 Å². The summed E-state index contributed by atoms with van der Waals surface area (Å²) in [5.41, 5.74) is -0.117. The number of aromatic amines is 1. The maximum absolute atomic E-state index is 12.8. The Hall–Kier alpha value is -1.63. The number of nitrogens with zero attached hydrogens (tertiary/aromatic N) is 4. The molecule has 25 heavy (non-hydrogen) atoms. The molecule has 1 unspecified atom stereocenters. The second kappa shape index (κ2) is 6.94. The third-order valence-corrected chi connectivity index (χ3v) is 5.40. The van der Waals surface area contributed by atoms with Crippen molar-refractivity contribution in [3.8, 4) is 0 Å². The molecule has 7 nitrogen and oxygen atoms in total. The van der Waals surface area contributed by atoms with Gasteiger partial charge in [0.15, 0.2) is 0 Å². The monoisotopic (exact) mass is 349 g/mol. The summed E-state index contributed by atoms with van der Waals surface area (Å²) in [5.74, 6) is 0.845. The predicted octanol–water partition coefficient (Wildman–Crippen LogP) is 2.81. The fourth-order valence-corrected chi connectivity index (χ4v) is 3.99. The number of carbonyl (C=O) groups excluding carboxylic acids is 1. The summed E-state index contributed by atoms with van der Waals surface area (Å²) in [6, 6.07) is 0.189. The van der Waals surface area contributed by atoms with E-state index in [9.17, 15) is 4.79 Å².